The minimum Gasteiger partial charge on any atom is -0.352 e. The summed E-state index contributed by atoms with van der Waals surface area (Å²) >= 11 is 3.51. The number of hydrogen-bond donors (Lipinski definition) is 1. The molecule has 1 saturated heterocycles. The Bertz CT molecular complexity index is 791. The third kappa shape index (κ3) is 5.18. The minimum absolute atomic E-state index is 0.0425. The van der Waals surface area contributed by atoms with Crippen molar-refractivity contribution in [1.29, 1.82) is 0 Å². The van der Waals surface area contributed by atoms with Crippen LogP contribution in [0, 0.1) is 0 Å². The van der Waals surface area contributed by atoms with Gasteiger partial charge >= 0.3 is 0 Å². The maximum Gasteiger partial charge on any atom is 0.222 e. The fourth-order valence-corrected chi connectivity index (χ4v) is 3.65. The Morgan fingerprint density at radius 1 is 1.12 bits per heavy atom. The molecule has 0 spiro atoms. The van der Waals surface area contributed by atoms with Crippen molar-refractivity contribution in [1.82, 2.24) is 10.2 Å². The number of rotatable bonds is 7. The van der Waals surface area contributed by atoms with E-state index < -0.39 is 0 Å². The zero-order valence-corrected chi connectivity index (χ0v) is 16.3. The van der Waals surface area contributed by atoms with Crippen LogP contribution in [0.4, 0.5) is 0 Å². The molecule has 1 aliphatic heterocycles. The Morgan fingerprint density at radius 2 is 1.92 bits per heavy atom. The van der Waals surface area contributed by atoms with Crippen LogP contribution in [0.15, 0.2) is 53.0 Å². The normalized spacial score (nSPS) is 13.9. The monoisotopic (exact) mass is 414 g/mol. The topological polar surface area (TPSA) is 49.4 Å². The van der Waals surface area contributed by atoms with E-state index in [9.17, 15) is 9.59 Å². The largest absolute Gasteiger partial charge is 0.352 e. The van der Waals surface area contributed by atoms with Gasteiger partial charge in [0.2, 0.25) is 11.8 Å². The molecule has 4 nitrogen and oxygen atoms in total. The number of nitrogens with zero attached hydrogens (tertiary/aromatic N) is 1. The van der Waals surface area contributed by atoms with E-state index >= 15 is 0 Å². The van der Waals surface area contributed by atoms with Gasteiger partial charge in [0.05, 0.1) is 0 Å². The molecule has 1 aliphatic rings. The summed E-state index contributed by atoms with van der Waals surface area (Å²) in [6.07, 6.45) is 2.79. The smallest absolute Gasteiger partial charge is 0.222 e. The lowest BCUT2D eigenvalue weighted by Crippen LogP contribution is -2.24. The van der Waals surface area contributed by atoms with Crippen molar-refractivity contribution in [2.45, 2.75) is 38.8 Å². The van der Waals surface area contributed by atoms with Crippen molar-refractivity contribution >= 4 is 27.7 Å². The van der Waals surface area contributed by atoms with E-state index in [1.54, 1.807) is 0 Å². The summed E-state index contributed by atoms with van der Waals surface area (Å²) in [4.78, 5) is 25.8. The molecule has 0 bridgehead atoms. The van der Waals surface area contributed by atoms with Gasteiger partial charge in [0.15, 0.2) is 0 Å². The highest BCUT2D eigenvalue weighted by molar-refractivity contribution is 9.10. The van der Waals surface area contributed by atoms with E-state index in [2.05, 4.69) is 27.3 Å². The molecule has 2 amide bonds. The molecule has 2 aromatic rings. The first kappa shape index (κ1) is 18.6. The Kier molecular flexibility index (Phi) is 6.45. The number of carbonyl (C=O) groups is 2. The summed E-state index contributed by atoms with van der Waals surface area (Å²) in [6.45, 7) is 2.01. The van der Waals surface area contributed by atoms with Crippen molar-refractivity contribution in [3.63, 3.8) is 0 Å². The predicted molar refractivity (Wildman–Crippen MR) is 105 cm³/mol. The molecule has 2 aromatic carbocycles. The van der Waals surface area contributed by atoms with E-state index in [1.165, 1.54) is 0 Å². The van der Waals surface area contributed by atoms with E-state index in [0.717, 1.165) is 34.1 Å². The number of likely N-dealkylation sites (tertiary alicyclic amines) is 1. The number of amides is 2. The second-order valence-electron chi connectivity index (χ2n) is 6.61. The van der Waals surface area contributed by atoms with Crippen molar-refractivity contribution in [2.75, 3.05) is 6.54 Å². The molecule has 5 heteroatoms. The Balaban J connectivity index is 1.48. The maximum atomic E-state index is 12.1. The van der Waals surface area contributed by atoms with Gasteiger partial charge in [-0.05, 0) is 35.6 Å². The van der Waals surface area contributed by atoms with Gasteiger partial charge in [0.25, 0.3) is 0 Å². The summed E-state index contributed by atoms with van der Waals surface area (Å²) in [7, 11) is 0. The zero-order valence-electron chi connectivity index (χ0n) is 14.7. The predicted octanol–water partition coefficient (Wildman–Crippen LogP) is 3.82. The first-order valence-electron chi connectivity index (χ1n) is 8.97. The van der Waals surface area contributed by atoms with Crippen LogP contribution in [0.2, 0.25) is 0 Å². The zero-order chi connectivity index (χ0) is 18.4. The molecular weight excluding hydrogens is 392 g/mol. The van der Waals surface area contributed by atoms with Crippen molar-refractivity contribution in [2.24, 2.45) is 0 Å². The number of nitrogens with one attached hydrogen (secondary N) is 1. The fourth-order valence-electron chi connectivity index (χ4n) is 3.17. The first-order valence-corrected chi connectivity index (χ1v) is 9.77. The first-order chi connectivity index (χ1) is 12.6. The highest BCUT2D eigenvalue weighted by Crippen LogP contribution is 2.17. The lowest BCUT2D eigenvalue weighted by Gasteiger charge is -2.16. The number of hydrogen-bond acceptors (Lipinski definition) is 2. The average Bonchev–Trinajstić information content (AvgIpc) is 3.04. The SMILES string of the molecule is O=C(CCc1ccccc1Br)NCc1cccc(CN2CCCC2=O)c1. The molecule has 0 radical (unpaired) electrons. The van der Waals surface area contributed by atoms with Crippen LogP contribution in [0.5, 0.6) is 0 Å². The Labute approximate surface area is 162 Å². The van der Waals surface area contributed by atoms with Crippen molar-refractivity contribution < 1.29 is 9.59 Å². The van der Waals surface area contributed by atoms with E-state index in [-0.39, 0.29) is 11.8 Å². The third-order valence-corrected chi connectivity index (χ3v) is 5.38. The highest BCUT2D eigenvalue weighted by atomic mass is 79.9. The van der Waals surface area contributed by atoms with Gasteiger partial charge in [-0.2, -0.15) is 0 Å². The molecule has 1 fully saturated rings. The number of halogens is 1. The van der Waals surface area contributed by atoms with E-state index in [1.807, 2.05) is 47.4 Å². The third-order valence-electron chi connectivity index (χ3n) is 4.61. The minimum atomic E-state index is 0.0425. The molecule has 26 heavy (non-hydrogen) atoms. The number of benzene rings is 2. The van der Waals surface area contributed by atoms with Crippen LogP contribution in [0.3, 0.4) is 0 Å². The van der Waals surface area contributed by atoms with Gasteiger partial charge in [0.1, 0.15) is 0 Å². The van der Waals surface area contributed by atoms with Crippen LogP contribution >= 0.6 is 15.9 Å². The van der Waals surface area contributed by atoms with E-state index in [0.29, 0.717) is 32.4 Å². The molecule has 1 heterocycles. The lowest BCUT2D eigenvalue weighted by molar-refractivity contribution is -0.128. The summed E-state index contributed by atoms with van der Waals surface area (Å²) in [5.41, 5.74) is 3.31. The van der Waals surface area contributed by atoms with Crippen LogP contribution in [-0.4, -0.2) is 23.3 Å². The van der Waals surface area contributed by atoms with Gasteiger partial charge < -0.3 is 10.2 Å². The standard InChI is InChI=1S/C21H23BrN2O2/c22-19-8-2-1-7-18(19)10-11-20(25)23-14-16-5-3-6-17(13-16)15-24-12-4-9-21(24)26/h1-3,5-8,13H,4,9-12,14-15H2,(H,23,25). The summed E-state index contributed by atoms with van der Waals surface area (Å²) in [5.74, 6) is 0.275. The van der Waals surface area contributed by atoms with Gasteiger partial charge in [-0.15, -0.1) is 0 Å². The maximum absolute atomic E-state index is 12.1. The Morgan fingerprint density at radius 3 is 2.69 bits per heavy atom. The fraction of sp³-hybridized carbons (Fsp3) is 0.333. The molecule has 0 atom stereocenters. The lowest BCUT2D eigenvalue weighted by atomic mass is 10.1. The van der Waals surface area contributed by atoms with Crippen molar-refractivity contribution in [3.8, 4) is 0 Å². The highest BCUT2D eigenvalue weighted by Gasteiger charge is 2.19. The van der Waals surface area contributed by atoms with E-state index in [4.69, 9.17) is 0 Å². The molecule has 0 saturated carbocycles. The molecular formula is C21H23BrN2O2. The van der Waals surface area contributed by atoms with Crippen LogP contribution in [0.1, 0.15) is 36.0 Å². The average molecular weight is 415 g/mol. The van der Waals surface area contributed by atoms with Gasteiger partial charge in [0, 0.05) is 36.9 Å². The van der Waals surface area contributed by atoms with Crippen LogP contribution in [-0.2, 0) is 29.1 Å². The summed E-state index contributed by atoms with van der Waals surface area (Å²) in [6, 6.07) is 16.1. The van der Waals surface area contributed by atoms with Gasteiger partial charge in [-0.1, -0.05) is 58.4 Å². The quantitative estimate of drug-likeness (QED) is 0.748. The van der Waals surface area contributed by atoms with Crippen LogP contribution < -0.4 is 5.32 Å². The number of carbonyl (C=O) groups excluding carboxylic acids is 2. The summed E-state index contributed by atoms with van der Waals surface area (Å²) < 4.78 is 1.04. The molecule has 3 rings (SSSR count). The Hall–Kier alpha value is -2.14. The van der Waals surface area contributed by atoms with Crippen molar-refractivity contribution in [3.05, 3.63) is 69.7 Å². The van der Waals surface area contributed by atoms with Crippen LogP contribution in [0.25, 0.3) is 0 Å². The molecule has 0 aliphatic carbocycles. The number of aryl methyl sites for hydroxylation is 1. The molecule has 1 N–H and O–H groups in total. The van der Waals surface area contributed by atoms with Gasteiger partial charge in [-0.3, -0.25) is 9.59 Å². The summed E-state index contributed by atoms with van der Waals surface area (Å²) in [5, 5.41) is 2.98. The molecule has 0 unspecified atom stereocenters. The molecule has 136 valence electrons. The second kappa shape index (κ2) is 8.99. The molecule has 0 aromatic heterocycles. The second-order valence-corrected chi connectivity index (χ2v) is 7.46. The van der Waals surface area contributed by atoms with Gasteiger partial charge in [-0.25, -0.2) is 0 Å².